The minimum Gasteiger partial charge on any atom is -0.505 e. The van der Waals surface area contributed by atoms with Gasteiger partial charge in [-0.25, -0.2) is 12.2 Å². The van der Waals surface area contributed by atoms with Crippen LogP contribution in [0.3, 0.4) is 0 Å². The van der Waals surface area contributed by atoms with E-state index in [1.165, 1.54) is 21.5 Å². The zero-order valence-corrected chi connectivity index (χ0v) is 16.4. The Bertz CT molecular complexity index is 771. The number of ether oxygens (including phenoxy) is 1. The first-order valence-electron chi connectivity index (χ1n) is 6.72. The molecule has 3 aromatic rings. The van der Waals surface area contributed by atoms with Gasteiger partial charge in [0.25, 0.3) is 0 Å². The van der Waals surface area contributed by atoms with Crippen molar-refractivity contribution in [3.8, 4) is 5.75 Å². The summed E-state index contributed by atoms with van der Waals surface area (Å²) in [6.07, 6.45) is 10.0. The van der Waals surface area contributed by atoms with Gasteiger partial charge in [-0.15, -0.1) is 40.1 Å². The second-order valence-corrected chi connectivity index (χ2v) is 4.69. The first-order chi connectivity index (χ1) is 9.88. The molecule has 0 aromatic heterocycles. The number of hydrogen-bond donors (Lipinski definition) is 0. The van der Waals surface area contributed by atoms with E-state index in [0.29, 0.717) is 0 Å². The van der Waals surface area contributed by atoms with Crippen molar-refractivity contribution in [2.45, 2.75) is 6.42 Å². The molecule has 0 saturated heterocycles. The maximum Gasteiger partial charge on any atom is 4.00 e. The SMILES string of the molecule is COc1ccc2c(c1)[cH-]c1ccccc12.[C-]1=CC=CC1.[CH3-].[CH3-].[Zr+4]. The molecular weight excluding hydrogens is 359 g/mol. The molecule has 116 valence electrons. The molecule has 0 radical (unpaired) electrons. The molecule has 1 aliphatic carbocycles. The summed E-state index contributed by atoms with van der Waals surface area (Å²) in [6.45, 7) is 0. The van der Waals surface area contributed by atoms with Gasteiger partial charge in [-0.1, -0.05) is 30.3 Å². The second-order valence-electron chi connectivity index (χ2n) is 4.69. The van der Waals surface area contributed by atoms with E-state index in [9.17, 15) is 0 Å². The zero-order chi connectivity index (χ0) is 13.8. The van der Waals surface area contributed by atoms with Gasteiger partial charge in [0, 0.05) is 0 Å². The van der Waals surface area contributed by atoms with E-state index in [-0.39, 0.29) is 41.1 Å². The normalized spacial score (nSPS) is 11.0. The molecule has 0 heterocycles. The van der Waals surface area contributed by atoms with Crippen LogP contribution >= 0.6 is 0 Å². The minimum absolute atomic E-state index is 0. The van der Waals surface area contributed by atoms with Crippen molar-refractivity contribution in [2.24, 2.45) is 0 Å². The summed E-state index contributed by atoms with van der Waals surface area (Å²) in [7, 11) is 1.70. The molecule has 0 fully saturated rings. The number of rotatable bonds is 1. The zero-order valence-electron chi connectivity index (χ0n) is 14.0. The largest absolute Gasteiger partial charge is 4.00 e. The van der Waals surface area contributed by atoms with Gasteiger partial charge in [-0.2, -0.15) is 6.08 Å². The Morgan fingerprint density at radius 2 is 1.74 bits per heavy atom. The van der Waals surface area contributed by atoms with E-state index in [1.54, 1.807) is 7.11 Å². The van der Waals surface area contributed by atoms with Crippen LogP contribution in [0.25, 0.3) is 21.5 Å². The molecule has 0 aliphatic heterocycles. The number of benzene rings is 2. The van der Waals surface area contributed by atoms with Crippen molar-refractivity contribution in [3.63, 3.8) is 0 Å². The average Bonchev–Trinajstić information content (AvgIpc) is 3.17. The molecule has 0 spiro atoms. The predicted octanol–water partition coefficient (Wildman–Crippen LogP) is 5.92. The Labute approximate surface area is 159 Å². The quantitative estimate of drug-likeness (QED) is 0.475. The maximum absolute atomic E-state index is 5.22. The molecule has 3 aromatic carbocycles. The molecule has 23 heavy (non-hydrogen) atoms. The van der Waals surface area contributed by atoms with E-state index in [0.717, 1.165) is 12.2 Å². The van der Waals surface area contributed by atoms with E-state index in [1.807, 2.05) is 18.2 Å². The van der Waals surface area contributed by atoms with Gasteiger partial charge in [0.2, 0.25) is 0 Å². The third-order valence-electron chi connectivity index (χ3n) is 3.41. The predicted molar refractivity (Wildman–Crippen MR) is 98.0 cm³/mol. The first kappa shape index (κ1) is 21.5. The molecular formula is C21H22OZr. The smallest absolute Gasteiger partial charge is 0.505 e. The number of methoxy groups -OCH3 is 1. The third-order valence-corrected chi connectivity index (χ3v) is 3.41. The molecule has 0 saturated carbocycles. The van der Waals surface area contributed by atoms with Crippen molar-refractivity contribution in [1.29, 1.82) is 0 Å². The molecule has 1 aliphatic rings. The summed E-state index contributed by atoms with van der Waals surface area (Å²) >= 11 is 0. The standard InChI is InChI=1S/C14H11O.C5H5.2CH3.Zr/c1-15-12-6-7-14-11(9-12)8-10-4-2-3-5-13(10)14;1-2-4-5-3-1;;;/h2-9H,1H3;1-3H,4H2;2*1H3;/q4*-1;+4. The van der Waals surface area contributed by atoms with Crippen LogP contribution in [0.4, 0.5) is 0 Å². The number of allylic oxidation sites excluding steroid dienone is 4. The van der Waals surface area contributed by atoms with Crippen LogP contribution in [0.1, 0.15) is 6.42 Å². The van der Waals surface area contributed by atoms with Crippen molar-refractivity contribution >= 4 is 21.5 Å². The van der Waals surface area contributed by atoms with Crippen LogP contribution in [-0.2, 0) is 26.2 Å². The van der Waals surface area contributed by atoms with Gasteiger partial charge in [-0.3, -0.25) is 6.08 Å². The van der Waals surface area contributed by atoms with E-state index >= 15 is 0 Å². The summed E-state index contributed by atoms with van der Waals surface area (Å²) < 4.78 is 5.22. The van der Waals surface area contributed by atoms with Crippen LogP contribution in [-0.4, -0.2) is 7.11 Å². The van der Waals surface area contributed by atoms with Crippen molar-refractivity contribution < 1.29 is 30.9 Å². The summed E-state index contributed by atoms with van der Waals surface area (Å²) in [5.74, 6) is 0.915. The Morgan fingerprint density at radius 1 is 1.00 bits per heavy atom. The number of hydrogen-bond acceptors (Lipinski definition) is 1. The molecule has 2 heteroatoms. The van der Waals surface area contributed by atoms with Gasteiger partial charge >= 0.3 is 26.2 Å². The minimum atomic E-state index is 0. The fraction of sp³-hybridized carbons (Fsp3) is 0.0952. The molecule has 0 N–H and O–H groups in total. The molecule has 0 atom stereocenters. The van der Waals surface area contributed by atoms with E-state index in [2.05, 4.69) is 54.6 Å². The first-order valence-corrected chi connectivity index (χ1v) is 6.72. The molecule has 0 bridgehead atoms. The van der Waals surface area contributed by atoms with Gasteiger partial charge in [0.05, 0.1) is 12.9 Å². The van der Waals surface area contributed by atoms with Crippen molar-refractivity contribution in [3.05, 3.63) is 87.7 Å². The van der Waals surface area contributed by atoms with Gasteiger partial charge in [0.15, 0.2) is 0 Å². The van der Waals surface area contributed by atoms with Crippen molar-refractivity contribution in [2.75, 3.05) is 7.11 Å². The van der Waals surface area contributed by atoms with Crippen LogP contribution in [0.15, 0.2) is 66.8 Å². The van der Waals surface area contributed by atoms with E-state index in [4.69, 9.17) is 4.74 Å². The van der Waals surface area contributed by atoms with Crippen LogP contribution in [0.2, 0.25) is 0 Å². The molecule has 0 unspecified atom stereocenters. The Kier molecular flexibility index (Phi) is 9.60. The second kappa shape index (κ2) is 10.3. The van der Waals surface area contributed by atoms with Crippen LogP contribution < -0.4 is 4.74 Å². The summed E-state index contributed by atoms with van der Waals surface area (Å²) in [4.78, 5) is 0. The topological polar surface area (TPSA) is 9.23 Å². The fourth-order valence-electron chi connectivity index (χ4n) is 2.41. The Balaban J connectivity index is 0.000000529. The third kappa shape index (κ3) is 4.98. The fourth-order valence-corrected chi connectivity index (χ4v) is 2.41. The van der Waals surface area contributed by atoms with E-state index < -0.39 is 0 Å². The maximum atomic E-state index is 5.22. The van der Waals surface area contributed by atoms with Gasteiger partial charge in [0.1, 0.15) is 0 Å². The summed E-state index contributed by atoms with van der Waals surface area (Å²) in [5.41, 5.74) is 0. The summed E-state index contributed by atoms with van der Waals surface area (Å²) in [6, 6.07) is 16.9. The molecule has 0 amide bonds. The molecule has 4 rings (SSSR count). The Hall–Kier alpha value is -1.53. The summed E-state index contributed by atoms with van der Waals surface area (Å²) in [5, 5.41) is 5.15. The van der Waals surface area contributed by atoms with Gasteiger partial charge < -0.3 is 19.6 Å². The average molecular weight is 382 g/mol. The Morgan fingerprint density at radius 3 is 2.35 bits per heavy atom. The van der Waals surface area contributed by atoms with Gasteiger partial charge in [-0.05, 0) is 6.07 Å². The van der Waals surface area contributed by atoms with Crippen molar-refractivity contribution in [1.82, 2.24) is 0 Å². The van der Waals surface area contributed by atoms with Crippen LogP contribution in [0, 0.1) is 20.9 Å². The number of fused-ring (bicyclic) bond motifs is 3. The monoisotopic (exact) mass is 380 g/mol. The molecule has 1 nitrogen and oxygen atoms in total. The van der Waals surface area contributed by atoms with Crippen LogP contribution in [0.5, 0.6) is 5.75 Å².